The Balaban J connectivity index is 2.81. The summed E-state index contributed by atoms with van der Waals surface area (Å²) in [5.41, 5.74) is 8.37. The summed E-state index contributed by atoms with van der Waals surface area (Å²) in [7, 11) is 0. The Morgan fingerprint density at radius 3 is 2.40 bits per heavy atom. The molecule has 0 saturated carbocycles. The van der Waals surface area contributed by atoms with E-state index in [9.17, 15) is 10.2 Å². The van der Waals surface area contributed by atoms with Crippen LogP contribution in [0.4, 0.5) is 0 Å². The van der Waals surface area contributed by atoms with Crippen LogP contribution in [0.5, 0.6) is 0 Å². The van der Waals surface area contributed by atoms with Crippen molar-refractivity contribution in [2.45, 2.75) is 32.5 Å². The second-order valence-electron chi connectivity index (χ2n) is 3.93. The molecular formula is C12H19NO2. The van der Waals surface area contributed by atoms with E-state index in [2.05, 4.69) is 0 Å². The van der Waals surface area contributed by atoms with Crippen molar-refractivity contribution in [2.75, 3.05) is 6.54 Å². The fourth-order valence-corrected chi connectivity index (χ4v) is 1.50. The van der Waals surface area contributed by atoms with Crippen LogP contribution in [0.3, 0.4) is 0 Å². The summed E-state index contributed by atoms with van der Waals surface area (Å²) in [4.78, 5) is 0. The molecule has 1 aromatic rings. The fraction of sp³-hybridized carbons (Fsp3) is 0.500. The highest BCUT2D eigenvalue weighted by Gasteiger charge is 2.17. The summed E-state index contributed by atoms with van der Waals surface area (Å²) in [6, 6.07) is 5.69. The fourth-order valence-electron chi connectivity index (χ4n) is 1.50. The first-order valence-corrected chi connectivity index (χ1v) is 5.19. The molecule has 0 aliphatic rings. The lowest BCUT2D eigenvalue weighted by molar-refractivity contribution is 0.0150. The van der Waals surface area contributed by atoms with Crippen molar-refractivity contribution in [3.63, 3.8) is 0 Å². The van der Waals surface area contributed by atoms with E-state index in [1.54, 1.807) is 0 Å². The molecule has 0 heterocycles. The number of aryl methyl sites for hydroxylation is 2. The molecule has 2 unspecified atom stereocenters. The van der Waals surface area contributed by atoms with Gasteiger partial charge in [0.25, 0.3) is 0 Å². The topological polar surface area (TPSA) is 66.5 Å². The van der Waals surface area contributed by atoms with E-state index in [1.807, 2.05) is 32.0 Å². The Kier molecular flexibility index (Phi) is 4.27. The summed E-state index contributed by atoms with van der Waals surface area (Å²) >= 11 is 0. The summed E-state index contributed by atoms with van der Waals surface area (Å²) in [5.74, 6) is 0. The van der Waals surface area contributed by atoms with Gasteiger partial charge < -0.3 is 15.9 Å². The molecule has 0 spiro atoms. The molecule has 3 heteroatoms. The number of aliphatic hydroxyl groups excluding tert-OH is 2. The zero-order valence-electron chi connectivity index (χ0n) is 9.27. The van der Waals surface area contributed by atoms with Gasteiger partial charge in [0.2, 0.25) is 0 Å². The Bertz CT molecular complexity index is 325. The van der Waals surface area contributed by atoms with Crippen LogP contribution >= 0.6 is 0 Å². The standard InChI is InChI=1S/C12H19NO2/c1-8-3-4-10(7-9(8)2)12(15)11(14)5-6-13/h3-4,7,11-12,14-15H,5-6,13H2,1-2H3. The van der Waals surface area contributed by atoms with E-state index in [1.165, 1.54) is 5.56 Å². The molecule has 1 aromatic carbocycles. The minimum Gasteiger partial charge on any atom is -0.390 e. The van der Waals surface area contributed by atoms with Crippen molar-refractivity contribution in [1.29, 1.82) is 0 Å². The number of benzene rings is 1. The monoisotopic (exact) mass is 209 g/mol. The third-order valence-electron chi connectivity index (χ3n) is 2.70. The van der Waals surface area contributed by atoms with Crippen LogP contribution in [-0.2, 0) is 0 Å². The first-order valence-electron chi connectivity index (χ1n) is 5.19. The molecule has 1 rings (SSSR count). The Morgan fingerprint density at radius 2 is 1.87 bits per heavy atom. The van der Waals surface area contributed by atoms with E-state index in [-0.39, 0.29) is 0 Å². The number of hydrogen-bond acceptors (Lipinski definition) is 3. The first-order chi connectivity index (χ1) is 7.06. The highest BCUT2D eigenvalue weighted by Crippen LogP contribution is 2.21. The lowest BCUT2D eigenvalue weighted by Gasteiger charge is -2.18. The lowest BCUT2D eigenvalue weighted by Crippen LogP contribution is -2.21. The van der Waals surface area contributed by atoms with Crippen LogP contribution in [-0.4, -0.2) is 22.9 Å². The normalized spacial score (nSPS) is 15.0. The summed E-state index contributed by atoms with van der Waals surface area (Å²) in [5, 5.41) is 19.4. The van der Waals surface area contributed by atoms with Gasteiger partial charge in [-0.1, -0.05) is 18.2 Å². The molecule has 0 bridgehead atoms. The predicted octanol–water partition coefficient (Wildman–Crippen LogP) is 1.05. The van der Waals surface area contributed by atoms with Crippen molar-refractivity contribution in [3.8, 4) is 0 Å². The van der Waals surface area contributed by atoms with E-state index in [4.69, 9.17) is 5.73 Å². The zero-order valence-corrected chi connectivity index (χ0v) is 9.27. The predicted molar refractivity (Wildman–Crippen MR) is 60.6 cm³/mol. The van der Waals surface area contributed by atoms with Crippen LogP contribution < -0.4 is 5.73 Å². The molecule has 0 amide bonds. The number of hydrogen-bond donors (Lipinski definition) is 3. The summed E-state index contributed by atoms with van der Waals surface area (Å²) < 4.78 is 0. The van der Waals surface area contributed by atoms with Gasteiger partial charge in [-0.25, -0.2) is 0 Å². The quantitative estimate of drug-likeness (QED) is 0.694. The molecule has 84 valence electrons. The van der Waals surface area contributed by atoms with Gasteiger partial charge in [-0.2, -0.15) is 0 Å². The molecule has 0 radical (unpaired) electrons. The minimum atomic E-state index is -0.840. The second kappa shape index (κ2) is 5.26. The Labute approximate surface area is 90.5 Å². The van der Waals surface area contributed by atoms with Crippen LogP contribution in [0.25, 0.3) is 0 Å². The van der Waals surface area contributed by atoms with E-state index >= 15 is 0 Å². The van der Waals surface area contributed by atoms with Gasteiger partial charge >= 0.3 is 0 Å². The SMILES string of the molecule is Cc1ccc(C(O)C(O)CCN)cc1C. The van der Waals surface area contributed by atoms with Crippen LogP contribution in [0.15, 0.2) is 18.2 Å². The Morgan fingerprint density at radius 1 is 1.20 bits per heavy atom. The molecular weight excluding hydrogens is 190 g/mol. The average molecular weight is 209 g/mol. The number of nitrogens with two attached hydrogens (primary N) is 1. The van der Waals surface area contributed by atoms with Crippen molar-refractivity contribution < 1.29 is 10.2 Å². The number of rotatable bonds is 4. The van der Waals surface area contributed by atoms with E-state index < -0.39 is 12.2 Å². The van der Waals surface area contributed by atoms with Crippen molar-refractivity contribution in [1.82, 2.24) is 0 Å². The maximum atomic E-state index is 9.83. The van der Waals surface area contributed by atoms with Gasteiger partial charge in [0, 0.05) is 0 Å². The Hall–Kier alpha value is -0.900. The molecule has 3 nitrogen and oxygen atoms in total. The molecule has 4 N–H and O–H groups in total. The van der Waals surface area contributed by atoms with Gasteiger partial charge in [0.1, 0.15) is 6.10 Å². The highest BCUT2D eigenvalue weighted by molar-refractivity contribution is 5.31. The molecule has 0 aromatic heterocycles. The second-order valence-corrected chi connectivity index (χ2v) is 3.93. The molecule has 0 fully saturated rings. The zero-order chi connectivity index (χ0) is 11.4. The summed E-state index contributed by atoms with van der Waals surface area (Å²) in [6.45, 7) is 4.38. The minimum absolute atomic E-state index is 0.378. The van der Waals surface area contributed by atoms with Gasteiger partial charge in [-0.05, 0) is 43.5 Å². The molecule has 2 atom stereocenters. The van der Waals surface area contributed by atoms with Gasteiger partial charge in [-0.3, -0.25) is 0 Å². The van der Waals surface area contributed by atoms with E-state index in [0.29, 0.717) is 13.0 Å². The third-order valence-corrected chi connectivity index (χ3v) is 2.70. The molecule has 0 aliphatic carbocycles. The van der Waals surface area contributed by atoms with Gasteiger partial charge in [0.15, 0.2) is 0 Å². The van der Waals surface area contributed by atoms with Crippen LogP contribution in [0, 0.1) is 13.8 Å². The van der Waals surface area contributed by atoms with Gasteiger partial charge in [-0.15, -0.1) is 0 Å². The molecule has 0 saturated heterocycles. The first kappa shape index (κ1) is 12.2. The third kappa shape index (κ3) is 3.02. The maximum Gasteiger partial charge on any atom is 0.105 e. The number of aliphatic hydroxyl groups is 2. The van der Waals surface area contributed by atoms with Gasteiger partial charge in [0.05, 0.1) is 6.10 Å². The lowest BCUT2D eigenvalue weighted by atomic mass is 9.98. The maximum absolute atomic E-state index is 9.83. The van der Waals surface area contributed by atoms with Crippen LogP contribution in [0.2, 0.25) is 0 Å². The van der Waals surface area contributed by atoms with Crippen LogP contribution in [0.1, 0.15) is 29.2 Å². The van der Waals surface area contributed by atoms with Crippen molar-refractivity contribution >= 4 is 0 Å². The van der Waals surface area contributed by atoms with E-state index in [0.717, 1.165) is 11.1 Å². The molecule has 0 aliphatic heterocycles. The van der Waals surface area contributed by atoms with Crippen molar-refractivity contribution in [2.24, 2.45) is 5.73 Å². The summed E-state index contributed by atoms with van der Waals surface area (Å²) in [6.07, 6.45) is -1.21. The largest absolute Gasteiger partial charge is 0.390 e. The average Bonchev–Trinajstić information content (AvgIpc) is 2.21. The smallest absolute Gasteiger partial charge is 0.105 e. The van der Waals surface area contributed by atoms with Crippen molar-refractivity contribution in [3.05, 3.63) is 34.9 Å². The highest BCUT2D eigenvalue weighted by atomic mass is 16.3. The molecule has 15 heavy (non-hydrogen) atoms.